The van der Waals surface area contributed by atoms with Crippen LogP contribution in [-0.4, -0.2) is 89.0 Å². The summed E-state index contributed by atoms with van der Waals surface area (Å²) in [5.41, 5.74) is 0. The molecule has 10 nitrogen and oxygen atoms in total. The molecule has 1 heterocycles. The molecule has 1 aliphatic rings. The van der Waals surface area contributed by atoms with Gasteiger partial charge in [0.15, 0.2) is 12.4 Å². The fourth-order valence-corrected chi connectivity index (χ4v) is 8.01. The Morgan fingerprint density at radius 3 is 1.15 bits per heavy atom. The summed E-state index contributed by atoms with van der Waals surface area (Å²) in [5, 5.41) is 40.1. The van der Waals surface area contributed by atoms with E-state index in [-0.39, 0.29) is 32.0 Å². The molecule has 1 aliphatic heterocycles. The van der Waals surface area contributed by atoms with Gasteiger partial charge in [0.05, 0.1) is 13.2 Å². The van der Waals surface area contributed by atoms with Crippen molar-refractivity contribution >= 4 is 11.9 Å². The number of carbonyl (C=O) groups excluding carboxylic acids is 2. The number of hydrogen-bond acceptors (Lipinski definition) is 10. The number of unbranched alkanes of at least 4 members (excludes halogenated alkanes) is 32. The van der Waals surface area contributed by atoms with E-state index in [0.717, 1.165) is 38.5 Å². The van der Waals surface area contributed by atoms with Crippen LogP contribution in [0.25, 0.3) is 0 Å². The topological polar surface area (TPSA) is 152 Å². The van der Waals surface area contributed by atoms with Gasteiger partial charge in [0.25, 0.3) is 0 Å². The van der Waals surface area contributed by atoms with Crippen LogP contribution in [0, 0.1) is 0 Å². The molecule has 0 bridgehead atoms. The van der Waals surface area contributed by atoms with Crippen LogP contribution in [0.15, 0.2) is 0 Å². The minimum atomic E-state index is -1.59. The van der Waals surface area contributed by atoms with Gasteiger partial charge in [-0.1, -0.05) is 219 Å². The molecule has 4 N–H and O–H groups in total. The van der Waals surface area contributed by atoms with Gasteiger partial charge in [0.1, 0.15) is 31.0 Å². The molecule has 0 aliphatic carbocycles. The molecule has 1 rings (SSSR count). The van der Waals surface area contributed by atoms with E-state index in [1.807, 2.05) is 0 Å². The van der Waals surface area contributed by atoms with E-state index in [2.05, 4.69) is 13.8 Å². The second kappa shape index (κ2) is 40.8. The summed E-state index contributed by atoms with van der Waals surface area (Å²) in [4.78, 5) is 25.4. The SMILES string of the molecule is CCCCCCCCCCCCCCCCCCCCCCCC(=O)OC[C@@H](CO[C@H]1O[C@@H](CO)[C@@H](O)C(O)C1O)OC(=O)CCCCCCCCCCCCCCC. The Morgan fingerprint density at radius 1 is 0.458 bits per heavy atom. The van der Waals surface area contributed by atoms with Crippen LogP contribution in [0.3, 0.4) is 0 Å². The number of aliphatic hydroxyl groups excluding tert-OH is 4. The average molecular weight is 843 g/mol. The predicted molar refractivity (Wildman–Crippen MR) is 238 cm³/mol. The molecule has 0 saturated carbocycles. The third-order valence-corrected chi connectivity index (χ3v) is 12.0. The van der Waals surface area contributed by atoms with Gasteiger partial charge in [-0.3, -0.25) is 9.59 Å². The Balaban J connectivity index is 2.22. The zero-order chi connectivity index (χ0) is 43.0. The standard InChI is InChI=1S/C49H94O10/c1-3-5-7-9-11-13-15-17-18-19-20-21-22-23-24-26-27-29-31-33-35-37-44(51)56-40-42(41-57-49-48(55)47(54)46(53)43(39-50)59-49)58-45(52)38-36-34-32-30-28-25-16-14-12-10-8-6-4-2/h42-43,46-50,53-55H,3-41H2,1-2H3/t42-,43-,46+,47?,48?,49-/m0/s1. The molecule has 1 fully saturated rings. The van der Waals surface area contributed by atoms with Gasteiger partial charge in [-0.25, -0.2) is 0 Å². The van der Waals surface area contributed by atoms with Gasteiger partial charge in [-0.05, 0) is 12.8 Å². The summed E-state index contributed by atoms with van der Waals surface area (Å²) in [5.74, 6) is -0.788. The molecule has 0 spiro atoms. The first-order valence-corrected chi connectivity index (χ1v) is 25.1. The van der Waals surface area contributed by atoms with Gasteiger partial charge in [0.2, 0.25) is 0 Å². The average Bonchev–Trinajstić information content (AvgIpc) is 3.23. The minimum Gasteiger partial charge on any atom is -0.462 e. The molecule has 10 heteroatoms. The molecule has 350 valence electrons. The van der Waals surface area contributed by atoms with E-state index in [4.69, 9.17) is 18.9 Å². The van der Waals surface area contributed by atoms with Crippen molar-refractivity contribution in [2.24, 2.45) is 0 Å². The molecule has 59 heavy (non-hydrogen) atoms. The molecule has 0 radical (unpaired) electrons. The molecule has 0 aromatic rings. The monoisotopic (exact) mass is 843 g/mol. The van der Waals surface area contributed by atoms with E-state index in [0.29, 0.717) is 6.42 Å². The van der Waals surface area contributed by atoms with E-state index in [1.54, 1.807) is 0 Å². The van der Waals surface area contributed by atoms with Crippen molar-refractivity contribution < 1.29 is 49.0 Å². The molecular formula is C49H94O10. The molecular weight excluding hydrogens is 749 g/mol. The van der Waals surface area contributed by atoms with Crippen molar-refractivity contribution in [2.45, 2.75) is 282 Å². The number of rotatable bonds is 43. The van der Waals surface area contributed by atoms with Crippen molar-refractivity contribution in [1.82, 2.24) is 0 Å². The quantitative estimate of drug-likeness (QED) is 0.0345. The van der Waals surface area contributed by atoms with Crippen molar-refractivity contribution in [3.63, 3.8) is 0 Å². The third kappa shape index (κ3) is 32.1. The lowest BCUT2D eigenvalue weighted by molar-refractivity contribution is -0.305. The third-order valence-electron chi connectivity index (χ3n) is 12.0. The maximum atomic E-state index is 12.8. The lowest BCUT2D eigenvalue weighted by atomic mass is 9.99. The summed E-state index contributed by atoms with van der Waals surface area (Å²) in [6.45, 7) is 3.47. The molecule has 6 atom stereocenters. The first kappa shape index (κ1) is 55.7. The van der Waals surface area contributed by atoms with E-state index < -0.39 is 49.4 Å². The van der Waals surface area contributed by atoms with Gasteiger partial charge >= 0.3 is 11.9 Å². The Bertz CT molecular complexity index is 932. The highest BCUT2D eigenvalue weighted by Crippen LogP contribution is 2.23. The van der Waals surface area contributed by atoms with Crippen LogP contribution in [0.1, 0.15) is 245 Å². The zero-order valence-corrected chi connectivity index (χ0v) is 38.3. The van der Waals surface area contributed by atoms with Crippen molar-refractivity contribution in [3.05, 3.63) is 0 Å². The predicted octanol–water partition coefficient (Wildman–Crippen LogP) is 11.3. The summed E-state index contributed by atoms with van der Waals surface area (Å²) < 4.78 is 22.2. The molecule has 0 amide bonds. The molecule has 0 aromatic carbocycles. The zero-order valence-electron chi connectivity index (χ0n) is 38.3. The first-order chi connectivity index (χ1) is 28.8. The number of aliphatic hydroxyl groups is 4. The fourth-order valence-electron chi connectivity index (χ4n) is 8.01. The molecule has 2 unspecified atom stereocenters. The lowest BCUT2D eigenvalue weighted by Crippen LogP contribution is -2.59. The highest BCUT2D eigenvalue weighted by Gasteiger charge is 2.44. The Kier molecular flexibility index (Phi) is 38.5. The van der Waals surface area contributed by atoms with Crippen molar-refractivity contribution in [2.75, 3.05) is 19.8 Å². The highest BCUT2D eigenvalue weighted by atomic mass is 16.7. The molecule has 1 saturated heterocycles. The fraction of sp³-hybridized carbons (Fsp3) is 0.959. The Labute approximate surface area is 361 Å². The Hall–Kier alpha value is -1.30. The van der Waals surface area contributed by atoms with Crippen molar-refractivity contribution in [3.8, 4) is 0 Å². The second-order valence-electron chi connectivity index (χ2n) is 17.6. The van der Waals surface area contributed by atoms with Crippen LogP contribution in [0.4, 0.5) is 0 Å². The first-order valence-electron chi connectivity index (χ1n) is 25.1. The van der Waals surface area contributed by atoms with E-state index in [9.17, 15) is 30.0 Å². The number of esters is 2. The van der Waals surface area contributed by atoms with E-state index in [1.165, 1.54) is 173 Å². The van der Waals surface area contributed by atoms with E-state index >= 15 is 0 Å². The van der Waals surface area contributed by atoms with Gasteiger partial charge in [-0.15, -0.1) is 0 Å². The van der Waals surface area contributed by atoms with Crippen LogP contribution >= 0.6 is 0 Å². The van der Waals surface area contributed by atoms with Crippen LogP contribution in [0.5, 0.6) is 0 Å². The maximum absolute atomic E-state index is 12.8. The van der Waals surface area contributed by atoms with Crippen LogP contribution in [0.2, 0.25) is 0 Å². The van der Waals surface area contributed by atoms with Gasteiger partial charge in [-0.2, -0.15) is 0 Å². The van der Waals surface area contributed by atoms with Crippen LogP contribution in [-0.2, 0) is 28.5 Å². The lowest BCUT2D eigenvalue weighted by Gasteiger charge is -2.39. The number of hydrogen-bond donors (Lipinski definition) is 4. The number of ether oxygens (including phenoxy) is 4. The summed E-state index contributed by atoms with van der Waals surface area (Å²) in [6.07, 6.45) is 35.4. The summed E-state index contributed by atoms with van der Waals surface area (Å²) >= 11 is 0. The summed E-state index contributed by atoms with van der Waals surface area (Å²) in [6, 6.07) is 0. The van der Waals surface area contributed by atoms with Crippen molar-refractivity contribution in [1.29, 1.82) is 0 Å². The maximum Gasteiger partial charge on any atom is 0.306 e. The summed E-state index contributed by atoms with van der Waals surface area (Å²) in [7, 11) is 0. The number of carbonyl (C=O) groups is 2. The Morgan fingerprint density at radius 2 is 0.797 bits per heavy atom. The smallest absolute Gasteiger partial charge is 0.306 e. The second-order valence-corrected chi connectivity index (χ2v) is 17.6. The van der Waals surface area contributed by atoms with Gasteiger partial charge < -0.3 is 39.4 Å². The minimum absolute atomic E-state index is 0.208. The molecule has 0 aromatic heterocycles. The van der Waals surface area contributed by atoms with Gasteiger partial charge in [0, 0.05) is 12.8 Å². The highest BCUT2D eigenvalue weighted by molar-refractivity contribution is 5.70. The largest absolute Gasteiger partial charge is 0.462 e. The van der Waals surface area contributed by atoms with Crippen LogP contribution < -0.4 is 0 Å². The normalized spacial score (nSPS) is 19.9.